The monoisotopic (exact) mass is 233 g/mol. The number of aromatic nitrogens is 1. The van der Waals surface area contributed by atoms with Crippen LogP contribution < -0.4 is 4.87 Å². The summed E-state index contributed by atoms with van der Waals surface area (Å²) in [5, 5.41) is 9.73. The van der Waals surface area contributed by atoms with Crippen LogP contribution in [-0.4, -0.2) is 13.8 Å². The standard InChI is InChI=1S/C9H15NO2S2/c1-5-6-7(11)10(8(12)13-6)14-9(2,3)4/h11H,5H2,1-4H3. The number of hydrogen-bond donors (Lipinski definition) is 1. The molecule has 1 aromatic rings. The third-order valence-corrected chi connectivity index (χ3v) is 3.76. The fraction of sp³-hybridized carbons (Fsp3) is 0.667. The summed E-state index contributed by atoms with van der Waals surface area (Å²) in [6.45, 7) is 7.95. The normalized spacial score (nSPS) is 12.0. The average Bonchev–Trinajstić information content (AvgIpc) is 2.29. The highest BCUT2D eigenvalue weighted by Gasteiger charge is 2.19. The van der Waals surface area contributed by atoms with Crippen molar-refractivity contribution in [2.24, 2.45) is 0 Å². The Hall–Kier alpha value is -0.420. The topological polar surface area (TPSA) is 42.2 Å². The average molecular weight is 233 g/mol. The van der Waals surface area contributed by atoms with Crippen LogP contribution in [0.3, 0.4) is 0 Å². The van der Waals surface area contributed by atoms with E-state index in [0.29, 0.717) is 6.42 Å². The molecule has 0 spiro atoms. The minimum absolute atomic E-state index is 0.0760. The van der Waals surface area contributed by atoms with Gasteiger partial charge in [-0.25, -0.2) is 3.97 Å². The van der Waals surface area contributed by atoms with Crippen LogP contribution in [0, 0.1) is 0 Å². The molecule has 0 aromatic carbocycles. The third-order valence-electron chi connectivity index (χ3n) is 1.50. The number of thiazole rings is 1. The highest BCUT2D eigenvalue weighted by Crippen LogP contribution is 2.31. The van der Waals surface area contributed by atoms with Gasteiger partial charge in [0.15, 0.2) is 0 Å². The maximum atomic E-state index is 11.5. The van der Waals surface area contributed by atoms with Gasteiger partial charge in [-0.3, -0.25) is 4.79 Å². The van der Waals surface area contributed by atoms with E-state index >= 15 is 0 Å². The molecule has 0 atom stereocenters. The van der Waals surface area contributed by atoms with Gasteiger partial charge in [0.05, 0.1) is 4.88 Å². The van der Waals surface area contributed by atoms with Crippen molar-refractivity contribution < 1.29 is 5.11 Å². The first-order chi connectivity index (χ1) is 6.35. The molecule has 14 heavy (non-hydrogen) atoms. The van der Waals surface area contributed by atoms with Crippen molar-refractivity contribution in [1.82, 2.24) is 3.97 Å². The molecule has 3 nitrogen and oxygen atoms in total. The second-order valence-corrected chi connectivity index (χ2v) is 6.78. The summed E-state index contributed by atoms with van der Waals surface area (Å²) >= 11 is 2.47. The Kier molecular flexibility index (Phi) is 3.32. The van der Waals surface area contributed by atoms with E-state index in [4.69, 9.17) is 0 Å². The molecular weight excluding hydrogens is 218 g/mol. The Morgan fingerprint density at radius 1 is 1.50 bits per heavy atom. The number of nitrogens with zero attached hydrogens (tertiary/aromatic N) is 1. The summed E-state index contributed by atoms with van der Waals surface area (Å²) in [7, 11) is 0. The Morgan fingerprint density at radius 3 is 2.43 bits per heavy atom. The van der Waals surface area contributed by atoms with Gasteiger partial charge < -0.3 is 5.11 Å². The Morgan fingerprint density at radius 2 is 2.07 bits per heavy atom. The van der Waals surface area contributed by atoms with Gasteiger partial charge in [-0.15, -0.1) is 0 Å². The summed E-state index contributed by atoms with van der Waals surface area (Å²) in [6, 6.07) is 0. The van der Waals surface area contributed by atoms with Gasteiger partial charge in [0.1, 0.15) is 0 Å². The Bertz CT molecular complexity index is 373. The summed E-state index contributed by atoms with van der Waals surface area (Å²) in [5.41, 5.74) is 0. The largest absolute Gasteiger partial charge is 0.493 e. The predicted molar refractivity (Wildman–Crippen MR) is 62.4 cm³/mol. The zero-order valence-electron chi connectivity index (χ0n) is 8.83. The minimum atomic E-state index is -0.0979. The van der Waals surface area contributed by atoms with Gasteiger partial charge in [0, 0.05) is 4.75 Å². The fourth-order valence-electron chi connectivity index (χ4n) is 0.977. The van der Waals surface area contributed by atoms with Crippen LogP contribution in [0.2, 0.25) is 0 Å². The van der Waals surface area contributed by atoms with Gasteiger partial charge >= 0.3 is 4.87 Å². The van der Waals surface area contributed by atoms with Crippen molar-refractivity contribution in [3.8, 4) is 5.88 Å². The van der Waals surface area contributed by atoms with Crippen LogP contribution in [0.5, 0.6) is 5.88 Å². The van der Waals surface area contributed by atoms with Gasteiger partial charge in [0.25, 0.3) is 0 Å². The van der Waals surface area contributed by atoms with Crippen molar-refractivity contribution in [1.29, 1.82) is 0 Å². The molecule has 0 radical (unpaired) electrons. The molecule has 5 heteroatoms. The van der Waals surface area contributed by atoms with E-state index in [1.807, 2.05) is 27.7 Å². The smallest absolute Gasteiger partial charge is 0.320 e. The SMILES string of the molecule is CCc1sc(=O)n(SC(C)(C)C)c1O. The molecule has 0 fully saturated rings. The number of hydrogen-bond acceptors (Lipinski definition) is 4. The van der Waals surface area contributed by atoms with Crippen LogP contribution in [-0.2, 0) is 6.42 Å². The lowest BCUT2D eigenvalue weighted by Gasteiger charge is -2.17. The second-order valence-electron chi connectivity index (χ2n) is 3.97. The summed E-state index contributed by atoms with van der Waals surface area (Å²) in [5.74, 6) is 0.113. The van der Waals surface area contributed by atoms with E-state index in [2.05, 4.69) is 0 Å². The molecule has 1 N–H and O–H groups in total. The lowest BCUT2D eigenvalue weighted by Crippen LogP contribution is -2.16. The molecule has 1 rings (SSSR count). The van der Waals surface area contributed by atoms with Gasteiger partial charge in [0.2, 0.25) is 5.88 Å². The van der Waals surface area contributed by atoms with Crippen molar-refractivity contribution >= 4 is 23.3 Å². The summed E-state index contributed by atoms with van der Waals surface area (Å²) in [4.78, 5) is 12.2. The highest BCUT2D eigenvalue weighted by molar-refractivity contribution is 7.99. The summed E-state index contributed by atoms with van der Waals surface area (Å²) < 4.78 is 1.30. The molecule has 0 amide bonds. The van der Waals surface area contributed by atoms with Gasteiger partial charge in [-0.1, -0.05) is 18.3 Å². The van der Waals surface area contributed by atoms with Crippen molar-refractivity contribution in [3.63, 3.8) is 0 Å². The number of aromatic hydroxyl groups is 1. The fourth-order valence-corrected chi connectivity index (χ4v) is 2.78. The maximum absolute atomic E-state index is 11.5. The Balaban J connectivity index is 3.09. The van der Waals surface area contributed by atoms with E-state index in [1.54, 1.807) is 0 Å². The van der Waals surface area contributed by atoms with Crippen LogP contribution in [0.1, 0.15) is 32.6 Å². The molecule has 1 aromatic heterocycles. The first-order valence-corrected chi connectivity index (χ1v) is 6.07. The van der Waals surface area contributed by atoms with Crippen LogP contribution in [0.15, 0.2) is 4.79 Å². The van der Waals surface area contributed by atoms with Crippen LogP contribution >= 0.6 is 23.3 Å². The second kappa shape index (κ2) is 3.98. The zero-order chi connectivity index (χ0) is 10.9. The first kappa shape index (κ1) is 11.7. The molecule has 80 valence electrons. The zero-order valence-corrected chi connectivity index (χ0v) is 10.5. The lowest BCUT2D eigenvalue weighted by molar-refractivity contribution is 0.444. The third kappa shape index (κ3) is 2.54. The van der Waals surface area contributed by atoms with E-state index in [0.717, 1.165) is 16.2 Å². The molecular formula is C9H15NO2S2. The van der Waals surface area contributed by atoms with Gasteiger partial charge in [-0.2, -0.15) is 0 Å². The van der Waals surface area contributed by atoms with E-state index < -0.39 is 0 Å². The van der Waals surface area contributed by atoms with E-state index in [1.165, 1.54) is 15.9 Å². The quantitative estimate of drug-likeness (QED) is 0.853. The summed E-state index contributed by atoms with van der Waals surface area (Å²) in [6.07, 6.45) is 0.698. The molecule has 1 heterocycles. The molecule has 0 unspecified atom stereocenters. The lowest BCUT2D eigenvalue weighted by atomic mass is 10.3. The number of aryl methyl sites for hydroxylation is 1. The van der Waals surface area contributed by atoms with Gasteiger partial charge in [-0.05, 0) is 39.1 Å². The molecule has 0 saturated carbocycles. The van der Waals surface area contributed by atoms with E-state index in [9.17, 15) is 9.90 Å². The molecule has 0 saturated heterocycles. The highest BCUT2D eigenvalue weighted by atomic mass is 32.2. The molecule has 0 aliphatic carbocycles. The molecule has 0 aliphatic rings. The molecule has 0 bridgehead atoms. The first-order valence-electron chi connectivity index (χ1n) is 4.48. The maximum Gasteiger partial charge on any atom is 0.320 e. The molecule has 0 aliphatic heterocycles. The Labute approximate surface area is 91.9 Å². The van der Waals surface area contributed by atoms with Crippen molar-refractivity contribution in [2.45, 2.75) is 38.9 Å². The predicted octanol–water partition coefficient (Wildman–Crippen LogP) is 2.47. The van der Waals surface area contributed by atoms with E-state index in [-0.39, 0.29) is 15.5 Å². The van der Waals surface area contributed by atoms with Crippen LogP contribution in [0.4, 0.5) is 0 Å². The minimum Gasteiger partial charge on any atom is -0.493 e. The van der Waals surface area contributed by atoms with Crippen molar-refractivity contribution in [3.05, 3.63) is 14.5 Å². The number of rotatable bonds is 2. The van der Waals surface area contributed by atoms with Crippen molar-refractivity contribution in [2.75, 3.05) is 0 Å². The van der Waals surface area contributed by atoms with Crippen LogP contribution in [0.25, 0.3) is 0 Å².